The molecule has 0 aromatic heterocycles. The Balaban J connectivity index is 2.16. The number of rotatable bonds is 36. The molecule has 1 aliphatic heterocycles. The number of hydrogen-bond acceptors (Lipinski definition) is 8. The number of nitrogens with one attached hydrogen (secondary N) is 1. The number of aliphatic hydroxyl groups is 5. The van der Waals surface area contributed by atoms with E-state index in [0.717, 1.165) is 128 Å². The van der Waals surface area contributed by atoms with Gasteiger partial charge in [0.25, 0.3) is 0 Å². The number of carbonyl (C=O) groups is 1. The quantitative estimate of drug-likeness (QED) is 0.0270. The second kappa shape index (κ2) is 39.3. The first-order valence-corrected chi connectivity index (χ1v) is 22.9. The van der Waals surface area contributed by atoms with Gasteiger partial charge in [-0.05, 0) is 77.0 Å². The minimum atomic E-state index is -1.56. The van der Waals surface area contributed by atoms with Gasteiger partial charge in [-0.25, -0.2) is 0 Å². The molecule has 0 saturated carbocycles. The molecule has 336 valence electrons. The molecule has 1 rings (SSSR count). The van der Waals surface area contributed by atoms with Gasteiger partial charge in [-0.15, -0.1) is 0 Å². The van der Waals surface area contributed by atoms with Crippen LogP contribution in [-0.2, 0) is 14.3 Å². The molecule has 1 fully saturated rings. The summed E-state index contributed by atoms with van der Waals surface area (Å²) in [5.74, 6) is -0.172. The van der Waals surface area contributed by atoms with Crippen molar-refractivity contribution in [1.29, 1.82) is 0 Å². The van der Waals surface area contributed by atoms with E-state index in [2.05, 4.69) is 116 Å². The fraction of sp³-hybridized carbons (Fsp3) is 0.660. The summed E-state index contributed by atoms with van der Waals surface area (Å²) >= 11 is 0. The van der Waals surface area contributed by atoms with Crippen LogP contribution < -0.4 is 5.32 Å². The van der Waals surface area contributed by atoms with Crippen molar-refractivity contribution >= 4 is 5.91 Å². The van der Waals surface area contributed by atoms with Crippen molar-refractivity contribution in [2.75, 3.05) is 13.2 Å². The summed E-state index contributed by atoms with van der Waals surface area (Å²) in [5, 5.41) is 53.8. The average Bonchev–Trinajstić information content (AvgIpc) is 3.23. The molecular formula is C50H83NO8. The monoisotopic (exact) mass is 826 g/mol. The number of hydrogen-bond donors (Lipinski definition) is 6. The summed E-state index contributed by atoms with van der Waals surface area (Å²) < 4.78 is 11.1. The Hall–Kier alpha value is -2.89. The Labute approximate surface area is 358 Å². The molecule has 0 aromatic carbocycles. The highest BCUT2D eigenvalue weighted by molar-refractivity contribution is 5.76. The first kappa shape index (κ1) is 54.1. The van der Waals surface area contributed by atoms with Crippen LogP contribution in [0.3, 0.4) is 0 Å². The first-order chi connectivity index (χ1) is 28.8. The van der Waals surface area contributed by atoms with Crippen LogP contribution in [0.1, 0.15) is 155 Å². The lowest BCUT2D eigenvalue weighted by atomic mass is 9.99. The van der Waals surface area contributed by atoms with Gasteiger partial charge >= 0.3 is 0 Å². The smallest absolute Gasteiger partial charge is 0.220 e. The second-order valence-electron chi connectivity index (χ2n) is 15.5. The molecule has 7 unspecified atom stereocenters. The topological polar surface area (TPSA) is 149 Å². The molecule has 1 aliphatic rings. The van der Waals surface area contributed by atoms with Crippen LogP contribution in [0.2, 0.25) is 0 Å². The van der Waals surface area contributed by atoms with Crippen molar-refractivity contribution in [3.05, 3.63) is 97.2 Å². The maximum absolute atomic E-state index is 12.9. The zero-order chi connectivity index (χ0) is 43.0. The van der Waals surface area contributed by atoms with E-state index in [1.807, 2.05) is 0 Å². The van der Waals surface area contributed by atoms with E-state index in [1.54, 1.807) is 0 Å². The maximum Gasteiger partial charge on any atom is 0.220 e. The third kappa shape index (κ3) is 29.9. The molecule has 9 nitrogen and oxygen atoms in total. The van der Waals surface area contributed by atoms with Crippen molar-refractivity contribution in [1.82, 2.24) is 5.32 Å². The largest absolute Gasteiger partial charge is 0.394 e. The molecule has 6 N–H and O–H groups in total. The lowest BCUT2D eigenvalue weighted by Gasteiger charge is -2.40. The van der Waals surface area contributed by atoms with E-state index in [0.29, 0.717) is 12.8 Å². The highest BCUT2D eigenvalue weighted by Crippen LogP contribution is 2.23. The molecule has 0 aromatic rings. The molecule has 1 amide bonds. The number of allylic oxidation sites excluding steroid dienone is 16. The number of carbonyl (C=O) groups excluding carboxylic acids is 1. The van der Waals surface area contributed by atoms with Crippen LogP contribution in [0.5, 0.6) is 0 Å². The minimum absolute atomic E-state index is 0.153. The predicted molar refractivity (Wildman–Crippen MR) is 244 cm³/mol. The highest BCUT2D eigenvalue weighted by atomic mass is 16.7. The molecule has 0 spiro atoms. The molecule has 1 heterocycles. The van der Waals surface area contributed by atoms with Gasteiger partial charge in [-0.3, -0.25) is 4.79 Å². The van der Waals surface area contributed by atoms with Crippen LogP contribution in [0.4, 0.5) is 0 Å². The summed E-state index contributed by atoms with van der Waals surface area (Å²) in [6.07, 6.45) is 49.0. The number of unbranched alkanes of at least 4 members (excludes halogenated alkanes) is 10. The summed E-state index contributed by atoms with van der Waals surface area (Å²) in [6.45, 7) is 3.59. The normalized spacial score (nSPS) is 21.6. The third-order valence-corrected chi connectivity index (χ3v) is 10.2. The van der Waals surface area contributed by atoms with Crippen molar-refractivity contribution < 1.29 is 39.8 Å². The van der Waals surface area contributed by atoms with Gasteiger partial charge in [0, 0.05) is 6.42 Å². The van der Waals surface area contributed by atoms with Crippen molar-refractivity contribution in [3.8, 4) is 0 Å². The number of ether oxygens (including phenoxy) is 2. The van der Waals surface area contributed by atoms with E-state index in [-0.39, 0.29) is 12.5 Å². The Bertz CT molecular complexity index is 1240. The Morgan fingerprint density at radius 2 is 1.05 bits per heavy atom. The van der Waals surface area contributed by atoms with Crippen molar-refractivity contribution in [2.24, 2.45) is 0 Å². The van der Waals surface area contributed by atoms with E-state index in [9.17, 15) is 30.3 Å². The van der Waals surface area contributed by atoms with E-state index < -0.39 is 49.5 Å². The lowest BCUT2D eigenvalue weighted by molar-refractivity contribution is -0.302. The lowest BCUT2D eigenvalue weighted by Crippen LogP contribution is -2.60. The van der Waals surface area contributed by atoms with Crippen LogP contribution in [0.25, 0.3) is 0 Å². The van der Waals surface area contributed by atoms with E-state index in [1.165, 1.54) is 0 Å². The average molecular weight is 826 g/mol. The van der Waals surface area contributed by atoms with Gasteiger partial charge in [0.2, 0.25) is 5.91 Å². The fourth-order valence-corrected chi connectivity index (χ4v) is 6.53. The molecule has 59 heavy (non-hydrogen) atoms. The van der Waals surface area contributed by atoms with Gasteiger partial charge in [-0.1, -0.05) is 169 Å². The molecule has 0 radical (unpaired) electrons. The second-order valence-corrected chi connectivity index (χ2v) is 15.5. The number of aliphatic hydroxyl groups excluding tert-OH is 5. The van der Waals surface area contributed by atoms with Crippen LogP contribution in [0, 0.1) is 0 Å². The van der Waals surface area contributed by atoms with Crippen molar-refractivity contribution in [2.45, 2.75) is 198 Å². The van der Waals surface area contributed by atoms with Gasteiger partial charge in [-0.2, -0.15) is 0 Å². The fourth-order valence-electron chi connectivity index (χ4n) is 6.53. The van der Waals surface area contributed by atoms with E-state index in [4.69, 9.17) is 9.47 Å². The predicted octanol–water partition coefficient (Wildman–Crippen LogP) is 9.72. The minimum Gasteiger partial charge on any atom is -0.394 e. The molecule has 0 bridgehead atoms. The third-order valence-electron chi connectivity index (χ3n) is 10.2. The molecule has 7 atom stereocenters. The Morgan fingerprint density at radius 1 is 0.593 bits per heavy atom. The Kier molecular flexibility index (Phi) is 36.0. The zero-order valence-corrected chi connectivity index (χ0v) is 36.7. The molecule has 9 heteroatoms. The summed E-state index contributed by atoms with van der Waals surface area (Å²) in [5.41, 5.74) is 0. The highest BCUT2D eigenvalue weighted by Gasteiger charge is 2.44. The maximum atomic E-state index is 12.9. The van der Waals surface area contributed by atoms with Gasteiger partial charge in [0.1, 0.15) is 24.4 Å². The SMILES string of the molecule is CC/C=C\C/C=C\C/C=C\C/C=C\C/C=C\C/C=C\C/C=C\C/C=C\CCCCCCCCC(=O)NC(COC1OC(CO)C(O)C(O)C1O)C(O)CCCCCCC. The summed E-state index contributed by atoms with van der Waals surface area (Å²) in [7, 11) is 0. The van der Waals surface area contributed by atoms with Gasteiger partial charge < -0.3 is 40.3 Å². The summed E-state index contributed by atoms with van der Waals surface area (Å²) in [4.78, 5) is 12.9. The molecule has 0 aliphatic carbocycles. The molecule has 1 saturated heterocycles. The van der Waals surface area contributed by atoms with Crippen molar-refractivity contribution in [3.63, 3.8) is 0 Å². The first-order valence-electron chi connectivity index (χ1n) is 22.9. The van der Waals surface area contributed by atoms with Gasteiger partial charge in [0.15, 0.2) is 6.29 Å². The number of amides is 1. The van der Waals surface area contributed by atoms with Crippen LogP contribution >= 0.6 is 0 Å². The van der Waals surface area contributed by atoms with Crippen LogP contribution in [-0.4, -0.2) is 87.5 Å². The van der Waals surface area contributed by atoms with Gasteiger partial charge in [0.05, 0.1) is 25.4 Å². The molecular weight excluding hydrogens is 743 g/mol. The zero-order valence-electron chi connectivity index (χ0n) is 36.7. The Morgan fingerprint density at radius 3 is 1.56 bits per heavy atom. The summed E-state index contributed by atoms with van der Waals surface area (Å²) in [6, 6.07) is -0.729. The standard InChI is InChI=1S/C50H83NO8/c1-3-5-7-9-10-11-12-13-14-15-16-17-18-19-20-21-22-23-24-25-26-27-28-29-30-31-32-33-34-36-38-40-46(54)51-43(44(53)39-37-35-8-6-4-2)42-58-50-49(57)48(56)47(55)45(41-52)59-50/h5,7,10-11,13-14,16-17,19-20,22-23,25-26,28-29,43-45,47-50,52-53,55-57H,3-4,6,8-9,12,15,18,21,24,27,30-42H2,1-2H3,(H,51,54)/b7-5-,11-10-,14-13-,17-16-,20-19-,23-22-,26-25-,29-28-. The van der Waals surface area contributed by atoms with Crippen LogP contribution in [0.15, 0.2) is 97.2 Å². The van der Waals surface area contributed by atoms with E-state index >= 15 is 0 Å².